The number of rotatable bonds is 5. The number of carbonyl (C=O) groups excluding carboxylic acids is 3. The van der Waals surface area contributed by atoms with Crippen molar-refractivity contribution in [2.24, 2.45) is 11.0 Å². The molecule has 2 N–H and O–H groups in total. The highest BCUT2D eigenvalue weighted by molar-refractivity contribution is 7.17. The van der Waals surface area contributed by atoms with E-state index in [1.807, 2.05) is 25.1 Å². The van der Waals surface area contributed by atoms with Crippen molar-refractivity contribution in [3.05, 3.63) is 56.5 Å². The number of ether oxygens (including phenoxy) is 1. The summed E-state index contributed by atoms with van der Waals surface area (Å²) in [5, 5.41) is 7.84. The Morgan fingerprint density at radius 3 is 2.86 bits per heavy atom. The van der Waals surface area contributed by atoms with E-state index >= 15 is 0 Å². The molecule has 0 spiro atoms. The molecule has 1 atom stereocenters. The third-order valence-corrected chi connectivity index (χ3v) is 7.22. The number of esters is 1. The summed E-state index contributed by atoms with van der Waals surface area (Å²) in [5.74, 6) is -1.92. The van der Waals surface area contributed by atoms with E-state index in [0.717, 1.165) is 46.2 Å². The number of halogens is 1. The van der Waals surface area contributed by atoms with Crippen LogP contribution in [-0.2, 0) is 27.2 Å². The maximum Gasteiger partial charge on any atom is 0.341 e. The molecule has 2 aromatic heterocycles. The molecule has 0 radical (unpaired) electrons. The van der Waals surface area contributed by atoms with Gasteiger partial charge in [-0.2, -0.15) is 5.10 Å². The van der Waals surface area contributed by atoms with Gasteiger partial charge in [0.1, 0.15) is 10.2 Å². The molecule has 3 aromatic rings. The van der Waals surface area contributed by atoms with Crippen LogP contribution in [0.25, 0.3) is 10.9 Å². The van der Waals surface area contributed by atoms with Gasteiger partial charge in [-0.3, -0.25) is 9.59 Å². The predicted octanol–water partition coefficient (Wildman–Crippen LogP) is 4.65. The fraction of sp³-hybridized carbons (Fsp3) is 0.320. The molecule has 8 nitrogen and oxygen atoms in total. The fourth-order valence-corrected chi connectivity index (χ4v) is 5.58. The first-order valence-electron chi connectivity index (χ1n) is 11.3. The molecule has 0 fully saturated rings. The average Bonchev–Trinajstić information content (AvgIpc) is 3.16. The summed E-state index contributed by atoms with van der Waals surface area (Å²) in [6.45, 7) is 6.05. The van der Waals surface area contributed by atoms with Gasteiger partial charge in [0.05, 0.1) is 23.9 Å². The molecule has 2 amide bonds. The van der Waals surface area contributed by atoms with Gasteiger partial charge in [0.2, 0.25) is 0 Å². The average molecular weight is 513 g/mol. The van der Waals surface area contributed by atoms with Gasteiger partial charge in [-0.15, -0.1) is 11.3 Å². The summed E-state index contributed by atoms with van der Waals surface area (Å²) in [7, 11) is 0. The van der Waals surface area contributed by atoms with Crippen LogP contribution in [0, 0.1) is 12.8 Å². The maximum atomic E-state index is 12.6. The lowest BCUT2D eigenvalue weighted by atomic mass is 9.88. The number of aryl methyl sites for hydroxylation is 1. The van der Waals surface area contributed by atoms with Crippen LogP contribution >= 0.6 is 22.9 Å². The SMILES string of the molecule is CCOC(=O)c1c(NC(=O)C(=O)N/N=C/c2cc3ccc(C)cc3nc2Cl)sc2c1CCC(C)C2. The molecule has 2 heterocycles. The third kappa shape index (κ3) is 5.52. The Kier molecular flexibility index (Phi) is 7.47. The topological polar surface area (TPSA) is 110 Å². The van der Waals surface area contributed by atoms with E-state index in [0.29, 0.717) is 22.0 Å². The first kappa shape index (κ1) is 24.8. The maximum absolute atomic E-state index is 12.6. The van der Waals surface area contributed by atoms with Crippen LogP contribution in [0.3, 0.4) is 0 Å². The number of hydrazone groups is 1. The highest BCUT2D eigenvalue weighted by atomic mass is 35.5. The number of aromatic nitrogens is 1. The van der Waals surface area contributed by atoms with Gasteiger partial charge >= 0.3 is 17.8 Å². The lowest BCUT2D eigenvalue weighted by molar-refractivity contribution is -0.136. The number of hydrogen-bond acceptors (Lipinski definition) is 7. The summed E-state index contributed by atoms with van der Waals surface area (Å²) < 4.78 is 5.20. The third-order valence-electron chi connectivity index (χ3n) is 5.75. The van der Waals surface area contributed by atoms with E-state index < -0.39 is 17.8 Å². The van der Waals surface area contributed by atoms with Crippen LogP contribution in [0.5, 0.6) is 0 Å². The fourth-order valence-electron chi connectivity index (χ4n) is 3.99. The molecule has 1 aliphatic rings. The lowest BCUT2D eigenvalue weighted by Gasteiger charge is -2.18. The molecular formula is C25H25ClN4O4S. The van der Waals surface area contributed by atoms with Crippen molar-refractivity contribution in [1.29, 1.82) is 0 Å². The Hall–Kier alpha value is -3.30. The molecule has 1 aromatic carbocycles. The number of amides is 2. The monoisotopic (exact) mass is 512 g/mol. The molecule has 1 aliphatic carbocycles. The number of fused-ring (bicyclic) bond motifs is 2. The Morgan fingerprint density at radius 2 is 2.09 bits per heavy atom. The number of pyridine rings is 1. The second-order valence-electron chi connectivity index (χ2n) is 8.49. The van der Waals surface area contributed by atoms with E-state index in [1.165, 1.54) is 17.6 Å². The van der Waals surface area contributed by atoms with E-state index in [1.54, 1.807) is 13.0 Å². The number of anilines is 1. The van der Waals surface area contributed by atoms with Gasteiger partial charge in [-0.1, -0.05) is 30.7 Å². The van der Waals surface area contributed by atoms with Crippen molar-refractivity contribution >= 4 is 62.8 Å². The van der Waals surface area contributed by atoms with Crippen molar-refractivity contribution in [2.75, 3.05) is 11.9 Å². The van der Waals surface area contributed by atoms with Gasteiger partial charge in [0, 0.05) is 15.8 Å². The van der Waals surface area contributed by atoms with Crippen molar-refractivity contribution in [3.63, 3.8) is 0 Å². The molecule has 4 rings (SSSR count). The molecule has 1 unspecified atom stereocenters. The second kappa shape index (κ2) is 10.5. The lowest BCUT2D eigenvalue weighted by Crippen LogP contribution is -2.32. The molecule has 0 bridgehead atoms. The smallest absolute Gasteiger partial charge is 0.341 e. The van der Waals surface area contributed by atoms with Crippen LogP contribution in [-0.4, -0.2) is 35.6 Å². The first-order valence-corrected chi connectivity index (χ1v) is 12.5. The van der Waals surface area contributed by atoms with E-state index in [9.17, 15) is 14.4 Å². The van der Waals surface area contributed by atoms with Crippen LogP contribution in [0.2, 0.25) is 5.15 Å². The van der Waals surface area contributed by atoms with Gasteiger partial charge in [0.25, 0.3) is 0 Å². The van der Waals surface area contributed by atoms with Gasteiger partial charge < -0.3 is 10.1 Å². The summed E-state index contributed by atoms with van der Waals surface area (Å²) in [6.07, 6.45) is 3.83. The number of thiophene rings is 1. The minimum absolute atomic E-state index is 0.217. The summed E-state index contributed by atoms with van der Waals surface area (Å²) in [5.41, 5.74) is 5.74. The summed E-state index contributed by atoms with van der Waals surface area (Å²) >= 11 is 7.55. The largest absolute Gasteiger partial charge is 0.462 e. The van der Waals surface area contributed by atoms with Gasteiger partial charge in [-0.25, -0.2) is 15.2 Å². The number of benzene rings is 1. The van der Waals surface area contributed by atoms with E-state index in [4.69, 9.17) is 16.3 Å². The molecule has 0 saturated heterocycles. The Morgan fingerprint density at radius 1 is 1.29 bits per heavy atom. The number of carbonyl (C=O) groups is 3. The quantitative estimate of drug-likeness (QED) is 0.170. The van der Waals surface area contributed by atoms with Crippen molar-refractivity contribution < 1.29 is 19.1 Å². The Bertz CT molecular complexity index is 1350. The Labute approximate surface area is 211 Å². The zero-order valence-corrected chi connectivity index (χ0v) is 21.2. The molecule has 0 aliphatic heterocycles. The number of nitrogens with zero attached hydrogens (tertiary/aromatic N) is 2. The summed E-state index contributed by atoms with van der Waals surface area (Å²) in [4.78, 5) is 42.9. The van der Waals surface area contributed by atoms with Crippen LogP contribution in [0.15, 0.2) is 29.4 Å². The highest BCUT2D eigenvalue weighted by Gasteiger charge is 2.30. The van der Waals surface area contributed by atoms with E-state index in [2.05, 4.69) is 27.8 Å². The zero-order chi connectivity index (χ0) is 25.1. The second-order valence-corrected chi connectivity index (χ2v) is 9.96. The molecule has 10 heteroatoms. The number of nitrogens with one attached hydrogen (secondary N) is 2. The molecule has 0 saturated carbocycles. The minimum atomic E-state index is -0.976. The van der Waals surface area contributed by atoms with E-state index in [-0.39, 0.29) is 11.8 Å². The standard InChI is InChI=1S/C25H25ClN4O4S/c1-4-34-25(33)20-17-8-6-14(3)10-19(17)35-24(20)29-22(31)23(32)30-27-12-16-11-15-7-5-13(2)9-18(15)28-21(16)26/h5,7,9,11-12,14H,4,6,8,10H2,1-3H3,(H,29,31)(H,30,32)/b27-12+. The molecule has 35 heavy (non-hydrogen) atoms. The summed E-state index contributed by atoms with van der Waals surface area (Å²) in [6, 6.07) is 7.59. The predicted molar refractivity (Wildman–Crippen MR) is 137 cm³/mol. The minimum Gasteiger partial charge on any atom is -0.462 e. The van der Waals surface area contributed by atoms with Crippen molar-refractivity contribution in [1.82, 2.24) is 10.4 Å². The highest BCUT2D eigenvalue weighted by Crippen LogP contribution is 2.40. The van der Waals surface area contributed by atoms with Crippen molar-refractivity contribution in [2.45, 2.75) is 40.0 Å². The number of hydrogen-bond donors (Lipinski definition) is 2. The van der Waals surface area contributed by atoms with Gasteiger partial charge in [0.15, 0.2) is 0 Å². The van der Waals surface area contributed by atoms with Crippen LogP contribution < -0.4 is 10.7 Å². The van der Waals surface area contributed by atoms with Crippen LogP contribution in [0.1, 0.15) is 52.2 Å². The Balaban J connectivity index is 1.47. The zero-order valence-electron chi connectivity index (χ0n) is 19.6. The molecular weight excluding hydrogens is 488 g/mol. The first-order chi connectivity index (χ1) is 16.8. The van der Waals surface area contributed by atoms with Gasteiger partial charge in [-0.05, 0) is 62.3 Å². The van der Waals surface area contributed by atoms with Crippen molar-refractivity contribution in [3.8, 4) is 0 Å². The normalized spacial score (nSPS) is 15.1. The van der Waals surface area contributed by atoms with Crippen LogP contribution in [0.4, 0.5) is 5.00 Å². The molecule has 182 valence electrons.